The van der Waals surface area contributed by atoms with Crippen molar-refractivity contribution in [3.63, 3.8) is 0 Å². The molecule has 1 saturated carbocycles. The minimum atomic E-state index is 0.618. The van der Waals surface area contributed by atoms with Crippen molar-refractivity contribution in [3.8, 4) is 5.75 Å². The second-order valence-corrected chi connectivity index (χ2v) is 4.81. The highest BCUT2D eigenvalue weighted by Gasteiger charge is 2.20. The first-order valence-corrected chi connectivity index (χ1v) is 6.83. The molecule has 1 N–H and O–H groups in total. The van der Waals surface area contributed by atoms with Crippen molar-refractivity contribution in [2.75, 3.05) is 19.8 Å². The topological polar surface area (TPSA) is 30.5 Å². The summed E-state index contributed by atoms with van der Waals surface area (Å²) in [7, 11) is 0. The Bertz CT molecular complexity index is 375. The highest BCUT2D eigenvalue weighted by molar-refractivity contribution is 5.37. The Morgan fingerprint density at radius 1 is 1.28 bits per heavy atom. The van der Waals surface area contributed by atoms with Crippen LogP contribution < -0.4 is 10.1 Å². The van der Waals surface area contributed by atoms with Crippen LogP contribution in [0.5, 0.6) is 5.75 Å². The second kappa shape index (κ2) is 6.76. The van der Waals surface area contributed by atoms with Gasteiger partial charge in [-0.25, -0.2) is 0 Å². The molecule has 1 fully saturated rings. The number of aryl methyl sites for hydroxylation is 1. The van der Waals surface area contributed by atoms with Crippen LogP contribution in [0, 0.1) is 6.92 Å². The molecule has 1 aromatic rings. The molecule has 0 amide bonds. The first-order valence-electron chi connectivity index (χ1n) is 6.83. The SMILES string of the molecule is CCOCCOc1ccc(C)cc1CNC1CC1. The monoisotopic (exact) mass is 249 g/mol. The van der Waals surface area contributed by atoms with Crippen LogP contribution in [0.1, 0.15) is 30.9 Å². The van der Waals surface area contributed by atoms with Crippen LogP contribution in [0.25, 0.3) is 0 Å². The third-order valence-electron chi connectivity index (χ3n) is 3.06. The first-order chi connectivity index (χ1) is 8.79. The lowest BCUT2D eigenvalue weighted by Crippen LogP contribution is -2.16. The van der Waals surface area contributed by atoms with Gasteiger partial charge in [0.25, 0.3) is 0 Å². The lowest BCUT2D eigenvalue weighted by atomic mass is 10.1. The summed E-state index contributed by atoms with van der Waals surface area (Å²) < 4.78 is 11.1. The Morgan fingerprint density at radius 2 is 2.11 bits per heavy atom. The molecule has 1 aliphatic carbocycles. The van der Waals surface area contributed by atoms with Crippen molar-refractivity contribution in [2.24, 2.45) is 0 Å². The van der Waals surface area contributed by atoms with Crippen LogP contribution in [-0.4, -0.2) is 25.9 Å². The molecule has 2 rings (SSSR count). The van der Waals surface area contributed by atoms with Crippen LogP contribution in [0.4, 0.5) is 0 Å². The smallest absolute Gasteiger partial charge is 0.123 e. The average Bonchev–Trinajstić information content (AvgIpc) is 3.18. The molecule has 0 heterocycles. The van der Waals surface area contributed by atoms with E-state index in [-0.39, 0.29) is 0 Å². The third-order valence-corrected chi connectivity index (χ3v) is 3.06. The molecule has 0 unspecified atom stereocenters. The fraction of sp³-hybridized carbons (Fsp3) is 0.600. The molecule has 18 heavy (non-hydrogen) atoms. The normalized spacial score (nSPS) is 14.8. The minimum Gasteiger partial charge on any atom is -0.491 e. The zero-order valence-corrected chi connectivity index (χ0v) is 11.4. The van der Waals surface area contributed by atoms with Crippen LogP contribution in [-0.2, 0) is 11.3 Å². The van der Waals surface area contributed by atoms with Crippen molar-refractivity contribution in [1.82, 2.24) is 5.32 Å². The molecule has 0 bridgehead atoms. The summed E-state index contributed by atoms with van der Waals surface area (Å²) >= 11 is 0. The molecule has 0 atom stereocenters. The summed E-state index contributed by atoms with van der Waals surface area (Å²) in [4.78, 5) is 0. The third kappa shape index (κ3) is 4.31. The van der Waals surface area contributed by atoms with E-state index in [4.69, 9.17) is 9.47 Å². The van der Waals surface area contributed by atoms with Crippen molar-refractivity contribution in [2.45, 2.75) is 39.3 Å². The zero-order valence-electron chi connectivity index (χ0n) is 11.4. The molecule has 0 aromatic heterocycles. The van der Waals surface area contributed by atoms with Crippen molar-refractivity contribution >= 4 is 0 Å². The minimum absolute atomic E-state index is 0.618. The van der Waals surface area contributed by atoms with E-state index >= 15 is 0 Å². The zero-order chi connectivity index (χ0) is 12.8. The van der Waals surface area contributed by atoms with Gasteiger partial charge in [-0.2, -0.15) is 0 Å². The van der Waals surface area contributed by atoms with Gasteiger partial charge in [0.2, 0.25) is 0 Å². The first kappa shape index (κ1) is 13.4. The van der Waals surface area contributed by atoms with Crippen molar-refractivity contribution < 1.29 is 9.47 Å². The maximum Gasteiger partial charge on any atom is 0.123 e. The van der Waals surface area contributed by atoms with Gasteiger partial charge in [0.05, 0.1) is 6.61 Å². The van der Waals surface area contributed by atoms with Gasteiger partial charge in [-0.05, 0) is 32.8 Å². The predicted octanol–water partition coefficient (Wildman–Crippen LogP) is 2.66. The lowest BCUT2D eigenvalue weighted by molar-refractivity contribution is 0.110. The molecule has 3 nitrogen and oxygen atoms in total. The number of rotatable bonds is 8. The lowest BCUT2D eigenvalue weighted by Gasteiger charge is -2.13. The van der Waals surface area contributed by atoms with E-state index in [2.05, 4.69) is 30.4 Å². The number of nitrogens with one attached hydrogen (secondary N) is 1. The number of hydrogen-bond acceptors (Lipinski definition) is 3. The van der Waals surface area contributed by atoms with Crippen molar-refractivity contribution in [3.05, 3.63) is 29.3 Å². The van der Waals surface area contributed by atoms with Gasteiger partial charge in [0.1, 0.15) is 12.4 Å². The highest BCUT2D eigenvalue weighted by Crippen LogP contribution is 2.23. The predicted molar refractivity (Wildman–Crippen MR) is 73.0 cm³/mol. The summed E-state index contributed by atoms with van der Waals surface area (Å²) in [5.41, 5.74) is 2.53. The Morgan fingerprint density at radius 3 is 2.83 bits per heavy atom. The summed E-state index contributed by atoms with van der Waals surface area (Å²) in [5.74, 6) is 0.980. The Labute approximate surface area is 109 Å². The quantitative estimate of drug-likeness (QED) is 0.718. The summed E-state index contributed by atoms with van der Waals surface area (Å²) in [6.45, 7) is 7.03. The molecular formula is C15H23NO2. The molecule has 0 radical (unpaired) electrons. The molecule has 1 aliphatic rings. The van der Waals surface area contributed by atoms with Gasteiger partial charge in [-0.3, -0.25) is 0 Å². The Kier molecular flexibility index (Phi) is 5.02. The van der Waals surface area contributed by atoms with E-state index < -0.39 is 0 Å². The summed E-state index contributed by atoms with van der Waals surface area (Å²) in [5, 5.41) is 3.53. The molecule has 3 heteroatoms. The van der Waals surface area contributed by atoms with Crippen LogP contribution in [0.3, 0.4) is 0 Å². The second-order valence-electron chi connectivity index (χ2n) is 4.81. The number of ether oxygens (including phenoxy) is 2. The van der Waals surface area contributed by atoms with E-state index in [9.17, 15) is 0 Å². The van der Waals surface area contributed by atoms with E-state index in [1.165, 1.54) is 24.0 Å². The molecule has 0 saturated heterocycles. The summed E-state index contributed by atoms with van der Waals surface area (Å²) in [6.07, 6.45) is 2.62. The number of hydrogen-bond donors (Lipinski definition) is 1. The fourth-order valence-electron chi connectivity index (χ4n) is 1.88. The molecule has 0 aliphatic heterocycles. The summed E-state index contributed by atoms with van der Waals surface area (Å²) in [6, 6.07) is 7.08. The van der Waals surface area contributed by atoms with Crippen LogP contribution in [0.2, 0.25) is 0 Å². The van der Waals surface area contributed by atoms with Gasteiger partial charge in [-0.1, -0.05) is 17.7 Å². The maximum atomic E-state index is 5.78. The van der Waals surface area contributed by atoms with Crippen molar-refractivity contribution in [1.29, 1.82) is 0 Å². The molecule has 100 valence electrons. The fourth-order valence-corrected chi connectivity index (χ4v) is 1.88. The molecular weight excluding hydrogens is 226 g/mol. The molecule has 0 spiro atoms. The van der Waals surface area contributed by atoms with Crippen LogP contribution >= 0.6 is 0 Å². The number of benzene rings is 1. The van der Waals surface area contributed by atoms with E-state index in [0.29, 0.717) is 13.2 Å². The van der Waals surface area contributed by atoms with Gasteiger partial charge in [-0.15, -0.1) is 0 Å². The van der Waals surface area contributed by atoms with E-state index in [0.717, 1.165) is 24.9 Å². The average molecular weight is 249 g/mol. The van der Waals surface area contributed by atoms with E-state index in [1.54, 1.807) is 0 Å². The standard InChI is InChI=1S/C15H23NO2/c1-3-17-8-9-18-15-7-4-12(2)10-13(15)11-16-14-5-6-14/h4,7,10,14,16H,3,5-6,8-9,11H2,1-2H3. The molecule has 1 aromatic carbocycles. The van der Waals surface area contributed by atoms with Gasteiger partial charge in [0.15, 0.2) is 0 Å². The maximum absolute atomic E-state index is 5.78. The van der Waals surface area contributed by atoms with Gasteiger partial charge >= 0.3 is 0 Å². The van der Waals surface area contributed by atoms with Gasteiger partial charge in [0, 0.05) is 24.8 Å². The Hall–Kier alpha value is -1.06. The van der Waals surface area contributed by atoms with Gasteiger partial charge < -0.3 is 14.8 Å². The van der Waals surface area contributed by atoms with Crippen LogP contribution in [0.15, 0.2) is 18.2 Å². The largest absolute Gasteiger partial charge is 0.491 e. The van der Waals surface area contributed by atoms with E-state index in [1.807, 2.05) is 6.92 Å². The highest BCUT2D eigenvalue weighted by atomic mass is 16.5. The Balaban J connectivity index is 1.88.